The first kappa shape index (κ1) is 25.9. The lowest BCUT2D eigenvalue weighted by Crippen LogP contribution is -2.37. The van der Waals surface area contributed by atoms with Gasteiger partial charge in [-0.3, -0.25) is 9.69 Å². The Morgan fingerprint density at radius 1 is 0.938 bits per heavy atom. The molecule has 2 rings (SSSR count). The van der Waals surface area contributed by atoms with Gasteiger partial charge >= 0.3 is 5.97 Å². The fourth-order valence-electron chi connectivity index (χ4n) is 4.24. The average molecular weight is 440 g/mol. The maximum Gasteiger partial charge on any atom is 0.308 e. The van der Waals surface area contributed by atoms with Crippen molar-refractivity contribution in [3.63, 3.8) is 0 Å². The van der Waals surface area contributed by atoms with Crippen molar-refractivity contribution in [1.82, 2.24) is 4.90 Å². The maximum absolute atomic E-state index is 11.9. The first-order chi connectivity index (χ1) is 15.2. The molecule has 0 saturated heterocycles. The molecule has 176 valence electrons. The number of unbranched alkanes of at least 4 members (excludes halogenated alkanes) is 1. The molecule has 0 aliphatic heterocycles. The Bertz CT molecular complexity index is 822. The molecule has 0 spiro atoms. The topological polar surface area (TPSA) is 49.8 Å². The number of rotatable bonds is 12. The number of aromatic hydroxyl groups is 1. The van der Waals surface area contributed by atoms with Crippen molar-refractivity contribution < 1.29 is 14.6 Å². The van der Waals surface area contributed by atoms with Gasteiger partial charge in [0.25, 0.3) is 0 Å². The molecular formula is C28H41NO3. The lowest BCUT2D eigenvalue weighted by molar-refractivity contribution is -0.148. The van der Waals surface area contributed by atoms with Gasteiger partial charge in [-0.25, -0.2) is 0 Å². The Labute approximate surface area is 194 Å². The summed E-state index contributed by atoms with van der Waals surface area (Å²) in [5, 5.41) is 10.7. The van der Waals surface area contributed by atoms with Gasteiger partial charge in [0.1, 0.15) is 12.4 Å². The summed E-state index contributed by atoms with van der Waals surface area (Å²) >= 11 is 0. The van der Waals surface area contributed by atoms with Gasteiger partial charge in [0.2, 0.25) is 0 Å². The number of nitrogens with zero attached hydrogens (tertiary/aromatic N) is 1. The molecule has 1 N–H and O–H groups in total. The van der Waals surface area contributed by atoms with Crippen molar-refractivity contribution in [2.45, 2.75) is 85.4 Å². The molecule has 2 aromatic carbocycles. The van der Waals surface area contributed by atoms with Crippen LogP contribution in [0.3, 0.4) is 0 Å². The van der Waals surface area contributed by atoms with Crippen LogP contribution in [0.15, 0.2) is 48.5 Å². The summed E-state index contributed by atoms with van der Waals surface area (Å²) < 4.78 is 5.41. The predicted octanol–water partition coefficient (Wildman–Crippen LogP) is 6.51. The maximum atomic E-state index is 11.9. The van der Waals surface area contributed by atoms with Crippen LogP contribution in [0.4, 0.5) is 0 Å². The summed E-state index contributed by atoms with van der Waals surface area (Å²) in [5.74, 6) is 0.0336. The highest BCUT2D eigenvalue weighted by atomic mass is 16.5. The lowest BCUT2D eigenvalue weighted by Gasteiger charge is -2.30. The number of esters is 1. The van der Waals surface area contributed by atoms with E-state index < -0.39 is 0 Å². The van der Waals surface area contributed by atoms with E-state index in [4.69, 9.17) is 4.74 Å². The monoisotopic (exact) mass is 439 g/mol. The summed E-state index contributed by atoms with van der Waals surface area (Å²) in [6.07, 6.45) is 3.14. The second-order valence-corrected chi connectivity index (χ2v) is 9.54. The Balaban J connectivity index is 2.17. The second kappa shape index (κ2) is 12.6. The van der Waals surface area contributed by atoms with Crippen LogP contribution in [0.2, 0.25) is 0 Å². The number of hydrogen-bond acceptors (Lipinski definition) is 4. The van der Waals surface area contributed by atoms with Crippen molar-refractivity contribution >= 4 is 5.97 Å². The molecular weight excluding hydrogens is 398 g/mol. The molecule has 4 heteroatoms. The SMILES string of the molecule is CC(C)C(=O)OCc1ccc(O)c(C(CCCCN(C(C)C)C(C)C)c2ccccc2)c1. The van der Waals surface area contributed by atoms with E-state index in [1.165, 1.54) is 5.56 Å². The molecule has 1 atom stereocenters. The van der Waals surface area contributed by atoms with Crippen molar-refractivity contribution in [2.24, 2.45) is 5.92 Å². The summed E-state index contributed by atoms with van der Waals surface area (Å²) in [4.78, 5) is 14.4. The van der Waals surface area contributed by atoms with Gasteiger partial charge in [-0.1, -0.05) is 56.7 Å². The summed E-state index contributed by atoms with van der Waals surface area (Å²) in [7, 11) is 0. The van der Waals surface area contributed by atoms with Gasteiger partial charge in [-0.2, -0.15) is 0 Å². The van der Waals surface area contributed by atoms with Gasteiger partial charge in [0.15, 0.2) is 0 Å². The zero-order chi connectivity index (χ0) is 23.7. The zero-order valence-electron chi connectivity index (χ0n) is 20.7. The van der Waals surface area contributed by atoms with Crippen LogP contribution >= 0.6 is 0 Å². The first-order valence-electron chi connectivity index (χ1n) is 12.0. The fourth-order valence-corrected chi connectivity index (χ4v) is 4.24. The highest BCUT2D eigenvalue weighted by Gasteiger charge is 2.20. The molecule has 0 fully saturated rings. The smallest absolute Gasteiger partial charge is 0.308 e. The van der Waals surface area contributed by atoms with Crippen molar-refractivity contribution in [3.05, 3.63) is 65.2 Å². The number of carbonyl (C=O) groups is 1. The number of benzene rings is 2. The van der Waals surface area contributed by atoms with E-state index in [-0.39, 0.29) is 24.4 Å². The van der Waals surface area contributed by atoms with Gasteiger partial charge in [0, 0.05) is 23.6 Å². The van der Waals surface area contributed by atoms with E-state index in [0.29, 0.717) is 17.8 Å². The van der Waals surface area contributed by atoms with Crippen LogP contribution in [-0.4, -0.2) is 34.6 Å². The van der Waals surface area contributed by atoms with Crippen LogP contribution in [0, 0.1) is 5.92 Å². The highest BCUT2D eigenvalue weighted by molar-refractivity contribution is 5.71. The molecule has 0 aliphatic rings. The molecule has 2 aromatic rings. The second-order valence-electron chi connectivity index (χ2n) is 9.54. The highest BCUT2D eigenvalue weighted by Crippen LogP contribution is 2.36. The fraction of sp³-hybridized carbons (Fsp3) is 0.536. The van der Waals surface area contributed by atoms with E-state index in [9.17, 15) is 9.90 Å². The van der Waals surface area contributed by atoms with Gasteiger partial charge in [-0.15, -0.1) is 0 Å². The molecule has 0 aliphatic carbocycles. The Hall–Kier alpha value is -2.33. The molecule has 4 nitrogen and oxygen atoms in total. The molecule has 0 radical (unpaired) electrons. The Morgan fingerprint density at radius 3 is 2.19 bits per heavy atom. The minimum atomic E-state index is -0.209. The number of phenols is 1. The van der Waals surface area contributed by atoms with Crippen LogP contribution in [0.5, 0.6) is 5.75 Å². The molecule has 32 heavy (non-hydrogen) atoms. The summed E-state index contributed by atoms with van der Waals surface area (Å²) in [5.41, 5.74) is 3.00. The quantitative estimate of drug-likeness (QED) is 0.302. The van der Waals surface area contributed by atoms with Crippen LogP contribution < -0.4 is 0 Å². The normalized spacial score (nSPS) is 12.7. The molecule has 1 unspecified atom stereocenters. The standard InChI is InChI=1S/C28H41NO3/c1-20(2)28(31)32-19-23-15-16-27(30)26(18-23)25(24-12-8-7-9-13-24)14-10-11-17-29(21(3)4)22(5)6/h7-9,12-13,15-16,18,20-22,25,30H,10-11,14,17,19H2,1-6H3. The van der Waals surface area contributed by atoms with Crippen LogP contribution in [0.1, 0.15) is 83.4 Å². The molecule has 0 saturated carbocycles. The molecule has 0 aromatic heterocycles. The van der Waals surface area contributed by atoms with E-state index in [1.807, 2.05) is 44.2 Å². The third-order valence-corrected chi connectivity index (χ3v) is 6.01. The molecule has 0 bridgehead atoms. The Morgan fingerprint density at radius 2 is 1.59 bits per heavy atom. The van der Waals surface area contributed by atoms with Crippen molar-refractivity contribution in [1.29, 1.82) is 0 Å². The summed E-state index contributed by atoms with van der Waals surface area (Å²) in [6.45, 7) is 14.0. The van der Waals surface area contributed by atoms with E-state index in [2.05, 4.69) is 44.7 Å². The largest absolute Gasteiger partial charge is 0.508 e. The minimum absolute atomic E-state index is 0.100. The predicted molar refractivity (Wildman–Crippen MR) is 132 cm³/mol. The third kappa shape index (κ3) is 7.67. The van der Waals surface area contributed by atoms with Gasteiger partial charge in [-0.05, 0) is 70.3 Å². The number of hydrogen-bond donors (Lipinski definition) is 1. The van der Waals surface area contributed by atoms with Gasteiger partial charge < -0.3 is 9.84 Å². The molecule has 0 heterocycles. The van der Waals surface area contributed by atoms with Crippen molar-refractivity contribution in [3.8, 4) is 5.75 Å². The average Bonchev–Trinajstić information content (AvgIpc) is 2.75. The zero-order valence-corrected chi connectivity index (χ0v) is 20.7. The van der Waals surface area contributed by atoms with E-state index in [1.54, 1.807) is 6.07 Å². The Kier molecular flexibility index (Phi) is 10.2. The van der Waals surface area contributed by atoms with E-state index in [0.717, 1.165) is 36.9 Å². The third-order valence-electron chi connectivity index (χ3n) is 6.01. The lowest BCUT2D eigenvalue weighted by atomic mass is 9.85. The van der Waals surface area contributed by atoms with Crippen LogP contribution in [-0.2, 0) is 16.1 Å². The number of phenolic OH excluding ortho intramolecular Hbond substituents is 1. The van der Waals surface area contributed by atoms with Gasteiger partial charge in [0.05, 0.1) is 5.92 Å². The van der Waals surface area contributed by atoms with Crippen molar-refractivity contribution in [2.75, 3.05) is 6.54 Å². The van der Waals surface area contributed by atoms with E-state index >= 15 is 0 Å². The number of carbonyl (C=O) groups excluding carboxylic acids is 1. The minimum Gasteiger partial charge on any atom is -0.508 e. The van der Waals surface area contributed by atoms with Crippen LogP contribution in [0.25, 0.3) is 0 Å². The summed E-state index contributed by atoms with van der Waals surface area (Å²) in [6, 6.07) is 17.0. The number of ether oxygens (including phenoxy) is 1. The molecule has 0 amide bonds. The first-order valence-corrected chi connectivity index (χ1v) is 12.0.